The summed E-state index contributed by atoms with van der Waals surface area (Å²) in [6.07, 6.45) is 2.62. The average molecular weight is 510 g/mol. The van der Waals surface area contributed by atoms with E-state index in [9.17, 15) is 14.0 Å². The number of nitrogens with one attached hydrogen (secondary N) is 1. The monoisotopic (exact) mass is 509 g/mol. The number of amides is 2. The largest absolute Gasteiger partial charge is 0.397 e. The first-order valence-electron chi connectivity index (χ1n) is 10.9. The molecule has 0 aromatic heterocycles. The molecule has 170 valence electrons. The Morgan fingerprint density at radius 3 is 2.45 bits per heavy atom. The highest BCUT2D eigenvalue weighted by Gasteiger charge is 2.28. The second-order valence-electron chi connectivity index (χ2n) is 8.31. The van der Waals surface area contributed by atoms with Crippen LogP contribution in [0.2, 0.25) is 0 Å². The van der Waals surface area contributed by atoms with E-state index in [0.29, 0.717) is 17.8 Å². The third-order valence-corrected chi connectivity index (χ3v) is 6.42. The smallest absolute Gasteiger partial charge is 0.255 e. The fourth-order valence-corrected chi connectivity index (χ4v) is 4.36. The number of hydrogen-bond donors (Lipinski definition) is 2. The van der Waals surface area contributed by atoms with E-state index in [0.717, 1.165) is 41.4 Å². The van der Waals surface area contributed by atoms with E-state index in [1.807, 2.05) is 29.2 Å². The van der Waals surface area contributed by atoms with Crippen molar-refractivity contribution in [1.29, 1.82) is 0 Å². The number of carbonyl (C=O) groups excluding carboxylic acids is 2. The zero-order valence-electron chi connectivity index (χ0n) is 18.1. The molecule has 33 heavy (non-hydrogen) atoms. The van der Waals surface area contributed by atoms with E-state index in [-0.39, 0.29) is 23.4 Å². The molecule has 3 N–H and O–H groups in total. The second-order valence-corrected chi connectivity index (χ2v) is 9.23. The number of nitrogen functional groups attached to an aromatic ring is 1. The number of likely N-dealkylation sites (tertiary alicyclic amines) is 1. The Morgan fingerprint density at radius 2 is 1.76 bits per heavy atom. The van der Waals surface area contributed by atoms with Gasteiger partial charge in [-0.25, -0.2) is 4.39 Å². The Balaban J connectivity index is 1.37. The van der Waals surface area contributed by atoms with E-state index >= 15 is 0 Å². The summed E-state index contributed by atoms with van der Waals surface area (Å²) < 4.78 is 14.2. The summed E-state index contributed by atoms with van der Waals surface area (Å²) in [4.78, 5) is 27.5. The van der Waals surface area contributed by atoms with Crippen LogP contribution in [0.3, 0.4) is 0 Å². The summed E-state index contributed by atoms with van der Waals surface area (Å²) in [5.74, 6) is -0.617. The number of nitrogens with zero attached hydrogens (tertiary/aromatic N) is 1. The molecule has 3 aromatic rings. The lowest BCUT2D eigenvalue weighted by Crippen LogP contribution is -2.41. The van der Waals surface area contributed by atoms with Crippen molar-refractivity contribution in [2.45, 2.75) is 25.8 Å². The van der Waals surface area contributed by atoms with Gasteiger partial charge in [0.1, 0.15) is 5.82 Å². The molecule has 4 rings (SSSR count). The maximum atomic E-state index is 13.2. The van der Waals surface area contributed by atoms with Crippen molar-refractivity contribution < 1.29 is 14.0 Å². The summed E-state index contributed by atoms with van der Waals surface area (Å²) in [5, 5.41) is 2.70. The molecule has 7 heteroatoms. The third kappa shape index (κ3) is 5.79. The van der Waals surface area contributed by atoms with Crippen LogP contribution in [0, 0.1) is 11.7 Å². The molecule has 2 amide bonds. The Bertz CT molecular complexity index is 1150. The number of halogens is 2. The summed E-state index contributed by atoms with van der Waals surface area (Å²) in [5.41, 5.74) is 8.88. The van der Waals surface area contributed by atoms with Crippen LogP contribution in [-0.2, 0) is 17.8 Å². The van der Waals surface area contributed by atoms with E-state index in [2.05, 4.69) is 33.4 Å². The molecule has 0 spiro atoms. The minimum atomic E-state index is -0.457. The Hall–Kier alpha value is -3.19. The van der Waals surface area contributed by atoms with Gasteiger partial charge in [0.05, 0.1) is 11.4 Å². The molecular weight excluding hydrogens is 485 g/mol. The molecule has 0 radical (unpaired) electrons. The van der Waals surface area contributed by atoms with Gasteiger partial charge in [-0.05, 0) is 72.9 Å². The van der Waals surface area contributed by atoms with Crippen LogP contribution in [-0.4, -0.2) is 23.3 Å². The first kappa shape index (κ1) is 23.0. The van der Waals surface area contributed by atoms with Crippen LogP contribution < -0.4 is 11.1 Å². The van der Waals surface area contributed by atoms with Crippen molar-refractivity contribution in [2.75, 3.05) is 17.6 Å². The normalized spacial score (nSPS) is 16.0. The van der Waals surface area contributed by atoms with Gasteiger partial charge in [0, 0.05) is 29.0 Å². The quantitative estimate of drug-likeness (QED) is 0.436. The van der Waals surface area contributed by atoms with Crippen LogP contribution >= 0.6 is 15.9 Å². The fraction of sp³-hybridized carbons (Fsp3) is 0.231. The lowest BCUT2D eigenvalue weighted by molar-refractivity contribution is -0.139. The minimum Gasteiger partial charge on any atom is -0.397 e. The van der Waals surface area contributed by atoms with Gasteiger partial charge < -0.3 is 16.0 Å². The summed E-state index contributed by atoms with van der Waals surface area (Å²) >= 11 is 3.45. The zero-order chi connectivity index (χ0) is 23.4. The van der Waals surface area contributed by atoms with Gasteiger partial charge in [-0.3, -0.25) is 9.59 Å². The second kappa shape index (κ2) is 10.2. The molecule has 5 nitrogen and oxygen atoms in total. The molecule has 1 atom stereocenters. The van der Waals surface area contributed by atoms with Crippen molar-refractivity contribution in [1.82, 2.24) is 4.90 Å². The van der Waals surface area contributed by atoms with Crippen LogP contribution in [0.5, 0.6) is 0 Å². The van der Waals surface area contributed by atoms with Gasteiger partial charge in [-0.2, -0.15) is 0 Å². The van der Waals surface area contributed by atoms with E-state index in [4.69, 9.17) is 5.73 Å². The Labute approximate surface area is 200 Å². The fourth-order valence-electron chi connectivity index (χ4n) is 4.10. The number of piperidine rings is 1. The highest BCUT2D eigenvalue weighted by molar-refractivity contribution is 9.10. The number of anilines is 2. The Kier molecular flexibility index (Phi) is 7.08. The number of nitrogens with two attached hydrogens (primary N) is 1. The van der Waals surface area contributed by atoms with Gasteiger partial charge in [0.15, 0.2) is 0 Å². The van der Waals surface area contributed by atoms with E-state index < -0.39 is 5.82 Å². The van der Waals surface area contributed by atoms with Crippen LogP contribution in [0.25, 0.3) is 0 Å². The van der Waals surface area contributed by atoms with E-state index in [1.165, 1.54) is 18.2 Å². The third-order valence-electron chi connectivity index (χ3n) is 5.89. The Morgan fingerprint density at radius 1 is 1.06 bits per heavy atom. The van der Waals surface area contributed by atoms with Gasteiger partial charge >= 0.3 is 0 Å². The number of carbonyl (C=O) groups is 2. The number of benzene rings is 3. The minimum absolute atomic E-state index is 0.00820. The summed E-state index contributed by atoms with van der Waals surface area (Å²) in [6, 6.07) is 19.1. The van der Waals surface area contributed by atoms with Crippen molar-refractivity contribution in [2.24, 2.45) is 5.92 Å². The highest BCUT2D eigenvalue weighted by Crippen LogP contribution is 2.25. The molecule has 1 aliphatic rings. The van der Waals surface area contributed by atoms with Gasteiger partial charge in [-0.15, -0.1) is 0 Å². The molecule has 1 aliphatic heterocycles. The van der Waals surface area contributed by atoms with Crippen LogP contribution in [0.15, 0.2) is 71.2 Å². The molecule has 0 bridgehead atoms. The molecule has 1 saturated heterocycles. The van der Waals surface area contributed by atoms with Crippen molar-refractivity contribution in [3.05, 3.63) is 93.7 Å². The lowest BCUT2D eigenvalue weighted by Gasteiger charge is -2.32. The topological polar surface area (TPSA) is 75.4 Å². The molecule has 0 aliphatic carbocycles. The van der Waals surface area contributed by atoms with Crippen LogP contribution in [0.4, 0.5) is 15.8 Å². The molecule has 0 saturated carbocycles. The molecule has 3 aromatic carbocycles. The predicted molar refractivity (Wildman–Crippen MR) is 131 cm³/mol. The lowest BCUT2D eigenvalue weighted by atomic mass is 9.90. The maximum Gasteiger partial charge on any atom is 0.255 e. The van der Waals surface area contributed by atoms with Crippen molar-refractivity contribution in [3.63, 3.8) is 0 Å². The first-order chi connectivity index (χ1) is 15.9. The number of hydrogen-bond acceptors (Lipinski definition) is 3. The predicted octanol–water partition coefficient (Wildman–Crippen LogP) is 5.40. The van der Waals surface area contributed by atoms with Gasteiger partial charge in [0.2, 0.25) is 5.91 Å². The summed E-state index contributed by atoms with van der Waals surface area (Å²) in [6.45, 7) is 1.25. The molecule has 1 fully saturated rings. The van der Waals surface area contributed by atoms with Gasteiger partial charge in [0.25, 0.3) is 5.91 Å². The number of rotatable bonds is 6. The average Bonchev–Trinajstić information content (AvgIpc) is 2.80. The van der Waals surface area contributed by atoms with Crippen molar-refractivity contribution in [3.8, 4) is 0 Å². The summed E-state index contributed by atoms with van der Waals surface area (Å²) in [7, 11) is 0. The SMILES string of the molecule is Nc1cc(F)ccc1NC(=O)c1ccc(CN2CCCC(Cc3ccc(Br)cc3)C2=O)cc1. The molecule has 1 unspecified atom stereocenters. The molecular formula is C26H25BrFN3O2. The van der Waals surface area contributed by atoms with Crippen molar-refractivity contribution >= 4 is 39.1 Å². The first-order valence-corrected chi connectivity index (χ1v) is 11.7. The zero-order valence-corrected chi connectivity index (χ0v) is 19.6. The maximum absolute atomic E-state index is 13.2. The van der Waals surface area contributed by atoms with Gasteiger partial charge in [-0.1, -0.05) is 40.2 Å². The van der Waals surface area contributed by atoms with Crippen LogP contribution in [0.1, 0.15) is 34.3 Å². The molecule has 1 heterocycles. The highest BCUT2D eigenvalue weighted by atomic mass is 79.9. The standard InChI is InChI=1S/C26H25BrFN3O2/c27-21-9-5-17(6-10-21)14-20-2-1-13-31(26(20)33)16-18-3-7-19(8-4-18)25(32)30-24-12-11-22(28)15-23(24)29/h3-12,15,20H,1-2,13-14,16,29H2,(H,30,32). The van der Waals surface area contributed by atoms with E-state index in [1.54, 1.807) is 12.1 Å².